The first-order valence-corrected chi connectivity index (χ1v) is 3.10. The maximum atomic E-state index is 10.6. The molecule has 0 unspecified atom stereocenters. The minimum absolute atomic E-state index is 0.146. The lowest BCUT2D eigenvalue weighted by molar-refractivity contribution is -0.134. The standard InChI is InChI=1S/C5H9BNO4/c8-2-1-7-5(11)6-3-4(9)10/h8H,1-3H2,(H,7,11)(H,9,10). The van der Waals surface area contributed by atoms with Crippen LogP contribution in [0.25, 0.3) is 0 Å². The van der Waals surface area contributed by atoms with Gasteiger partial charge in [0.15, 0.2) is 5.81 Å². The van der Waals surface area contributed by atoms with Crippen LogP contribution in [-0.2, 0) is 4.79 Å². The van der Waals surface area contributed by atoms with Gasteiger partial charge in [0, 0.05) is 12.9 Å². The van der Waals surface area contributed by atoms with Crippen molar-refractivity contribution in [1.82, 2.24) is 5.32 Å². The van der Waals surface area contributed by atoms with Gasteiger partial charge in [-0.3, -0.25) is 9.59 Å². The van der Waals surface area contributed by atoms with Gasteiger partial charge in [0.1, 0.15) is 0 Å². The highest BCUT2D eigenvalue weighted by Crippen LogP contribution is 1.78. The van der Waals surface area contributed by atoms with Gasteiger partial charge < -0.3 is 15.5 Å². The Morgan fingerprint density at radius 2 is 2.09 bits per heavy atom. The van der Waals surface area contributed by atoms with Crippen molar-refractivity contribution in [3.05, 3.63) is 0 Å². The minimum atomic E-state index is -1.05. The van der Waals surface area contributed by atoms with Gasteiger partial charge in [0.25, 0.3) is 5.97 Å². The summed E-state index contributed by atoms with van der Waals surface area (Å²) in [6, 6.07) is 0. The first kappa shape index (κ1) is 9.96. The normalized spacial score (nSPS) is 8.82. The molecule has 61 valence electrons. The zero-order valence-corrected chi connectivity index (χ0v) is 5.91. The Bertz CT molecular complexity index is 149. The number of aliphatic hydroxyl groups is 1. The maximum absolute atomic E-state index is 10.6. The Morgan fingerprint density at radius 1 is 1.45 bits per heavy atom. The van der Waals surface area contributed by atoms with Crippen molar-refractivity contribution in [3.63, 3.8) is 0 Å². The Balaban J connectivity index is 3.30. The van der Waals surface area contributed by atoms with Crippen molar-refractivity contribution in [3.8, 4) is 0 Å². The van der Waals surface area contributed by atoms with Crippen molar-refractivity contribution in [2.24, 2.45) is 0 Å². The largest absolute Gasteiger partial charge is 0.482 e. The number of amides is 1. The monoisotopic (exact) mass is 158 g/mol. The van der Waals surface area contributed by atoms with Crippen molar-refractivity contribution in [2.45, 2.75) is 6.32 Å². The molecule has 0 heterocycles. The van der Waals surface area contributed by atoms with Crippen LogP contribution in [0.1, 0.15) is 0 Å². The summed E-state index contributed by atoms with van der Waals surface area (Å²) in [6.07, 6.45) is -0.294. The van der Waals surface area contributed by atoms with E-state index in [9.17, 15) is 9.59 Å². The van der Waals surface area contributed by atoms with Crippen LogP contribution in [-0.4, -0.2) is 42.4 Å². The van der Waals surface area contributed by atoms with Gasteiger partial charge in [-0.1, -0.05) is 0 Å². The van der Waals surface area contributed by atoms with Crippen LogP contribution in [0.2, 0.25) is 6.32 Å². The molecule has 5 nitrogen and oxygen atoms in total. The van der Waals surface area contributed by atoms with Crippen molar-refractivity contribution >= 4 is 19.1 Å². The highest BCUT2D eigenvalue weighted by molar-refractivity contribution is 6.75. The first-order chi connectivity index (χ1) is 5.16. The van der Waals surface area contributed by atoms with Gasteiger partial charge in [-0.15, -0.1) is 0 Å². The molecule has 6 heteroatoms. The second kappa shape index (κ2) is 5.73. The van der Waals surface area contributed by atoms with Gasteiger partial charge >= 0.3 is 0 Å². The van der Waals surface area contributed by atoms with Gasteiger partial charge in [0.2, 0.25) is 7.28 Å². The van der Waals surface area contributed by atoms with Gasteiger partial charge in [-0.2, -0.15) is 0 Å². The summed E-state index contributed by atoms with van der Waals surface area (Å²) in [5.74, 6) is -1.52. The zero-order chi connectivity index (χ0) is 8.69. The van der Waals surface area contributed by atoms with E-state index in [0.29, 0.717) is 0 Å². The van der Waals surface area contributed by atoms with E-state index in [4.69, 9.17) is 10.2 Å². The number of carbonyl (C=O) groups excluding carboxylic acids is 1. The summed E-state index contributed by atoms with van der Waals surface area (Å²) in [7, 11) is 1.01. The quantitative estimate of drug-likeness (QED) is 0.443. The number of carboxylic acid groups (broad SMARTS) is 1. The number of rotatable bonds is 5. The summed E-state index contributed by atoms with van der Waals surface area (Å²) in [5.41, 5.74) is 0. The van der Waals surface area contributed by atoms with E-state index in [1.807, 2.05) is 0 Å². The van der Waals surface area contributed by atoms with E-state index >= 15 is 0 Å². The second-order valence-corrected chi connectivity index (χ2v) is 1.82. The molecule has 0 aliphatic carbocycles. The van der Waals surface area contributed by atoms with Gasteiger partial charge in [0.05, 0.1) is 6.61 Å². The summed E-state index contributed by atoms with van der Waals surface area (Å²) in [4.78, 5) is 20.5. The smallest absolute Gasteiger partial charge is 0.296 e. The van der Waals surface area contributed by atoms with Crippen LogP contribution in [0.15, 0.2) is 0 Å². The summed E-state index contributed by atoms with van der Waals surface area (Å²) < 4.78 is 0. The number of nitrogens with one attached hydrogen (secondary N) is 1. The van der Waals surface area contributed by atoms with E-state index in [-0.39, 0.29) is 19.5 Å². The van der Waals surface area contributed by atoms with Crippen molar-refractivity contribution in [2.75, 3.05) is 13.2 Å². The Morgan fingerprint density at radius 3 is 2.55 bits per heavy atom. The molecular formula is C5H9BNO4. The third kappa shape index (κ3) is 6.86. The van der Waals surface area contributed by atoms with Crippen LogP contribution >= 0.6 is 0 Å². The molecule has 11 heavy (non-hydrogen) atoms. The van der Waals surface area contributed by atoms with Crippen LogP contribution in [0.5, 0.6) is 0 Å². The highest BCUT2D eigenvalue weighted by atomic mass is 16.4. The Hall–Kier alpha value is -1.04. The molecule has 0 bridgehead atoms. The van der Waals surface area contributed by atoms with Gasteiger partial charge in [-0.25, -0.2) is 0 Å². The molecule has 1 radical (unpaired) electrons. The third-order valence-electron chi connectivity index (χ3n) is 0.873. The third-order valence-corrected chi connectivity index (χ3v) is 0.873. The zero-order valence-electron chi connectivity index (χ0n) is 5.91. The predicted molar refractivity (Wildman–Crippen MR) is 38.7 cm³/mol. The molecule has 1 amide bonds. The summed E-state index contributed by atoms with van der Waals surface area (Å²) >= 11 is 0. The fraction of sp³-hybridized carbons (Fsp3) is 0.600. The SMILES string of the molecule is O=C(O)C[B]C(=O)NCCO. The Kier molecular flexibility index (Phi) is 5.19. The Labute approximate surface area is 64.6 Å². The molecule has 0 saturated carbocycles. The number of carbonyl (C=O) groups is 2. The fourth-order valence-electron chi connectivity index (χ4n) is 0.431. The van der Waals surface area contributed by atoms with Crippen LogP contribution < -0.4 is 5.32 Å². The maximum Gasteiger partial charge on any atom is 0.296 e. The molecule has 0 spiro atoms. The average molecular weight is 158 g/mol. The molecule has 0 aliphatic heterocycles. The molecule has 3 N–H and O–H groups in total. The first-order valence-electron chi connectivity index (χ1n) is 3.10. The van der Waals surface area contributed by atoms with E-state index in [1.165, 1.54) is 0 Å². The number of carboxylic acids is 1. The molecule has 0 aromatic heterocycles. The number of hydrogen-bond donors (Lipinski definition) is 3. The lowest BCUT2D eigenvalue weighted by atomic mass is 9.73. The van der Waals surface area contributed by atoms with Gasteiger partial charge in [-0.05, 0) is 0 Å². The molecule has 0 rings (SSSR count). The number of aliphatic carboxylic acids is 1. The minimum Gasteiger partial charge on any atom is -0.482 e. The number of aliphatic hydroxyl groups excluding tert-OH is 1. The topological polar surface area (TPSA) is 86.6 Å². The van der Waals surface area contributed by atoms with E-state index in [1.54, 1.807) is 0 Å². The number of hydrogen-bond acceptors (Lipinski definition) is 3. The molecular weight excluding hydrogens is 149 g/mol. The highest BCUT2D eigenvalue weighted by Gasteiger charge is 2.05. The molecule has 0 aromatic rings. The van der Waals surface area contributed by atoms with E-state index in [0.717, 1.165) is 7.28 Å². The predicted octanol–water partition coefficient (Wildman–Crippen LogP) is -1.10. The summed E-state index contributed by atoms with van der Waals surface area (Å²) in [5, 5.41) is 18.7. The van der Waals surface area contributed by atoms with Crippen molar-refractivity contribution < 1.29 is 19.8 Å². The lowest BCUT2D eigenvalue weighted by Crippen LogP contribution is -2.30. The lowest BCUT2D eigenvalue weighted by Gasteiger charge is -1.98. The molecule has 0 fully saturated rings. The summed E-state index contributed by atoms with van der Waals surface area (Å²) in [6.45, 7) is 0.00159. The molecule has 0 saturated heterocycles. The van der Waals surface area contributed by atoms with E-state index < -0.39 is 11.8 Å². The molecule has 0 aromatic carbocycles. The molecule has 0 aliphatic rings. The van der Waals surface area contributed by atoms with Crippen LogP contribution in [0, 0.1) is 0 Å². The molecule has 0 atom stereocenters. The van der Waals surface area contributed by atoms with Crippen molar-refractivity contribution in [1.29, 1.82) is 0 Å². The van der Waals surface area contributed by atoms with Crippen LogP contribution in [0.4, 0.5) is 4.79 Å². The van der Waals surface area contributed by atoms with E-state index in [2.05, 4.69) is 5.32 Å². The second-order valence-electron chi connectivity index (χ2n) is 1.82. The average Bonchev–Trinajstić information content (AvgIpc) is 1.97. The van der Waals surface area contributed by atoms with Crippen LogP contribution in [0.3, 0.4) is 0 Å². The fourth-order valence-corrected chi connectivity index (χ4v) is 0.431.